The molecule has 0 unspecified atom stereocenters. The van der Waals surface area contributed by atoms with Crippen LogP contribution in [0.25, 0.3) is 5.69 Å². The lowest BCUT2D eigenvalue weighted by atomic mass is 10.2. The fourth-order valence-corrected chi connectivity index (χ4v) is 3.80. The van der Waals surface area contributed by atoms with E-state index in [-0.39, 0.29) is 5.91 Å². The summed E-state index contributed by atoms with van der Waals surface area (Å²) in [6.07, 6.45) is 3.20. The van der Waals surface area contributed by atoms with Crippen molar-refractivity contribution in [3.63, 3.8) is 0 Å². The van der Waals surface area contributed by atoms with Gasteiger partial charge in [-0.3, -0.25) is 4.79 Å². The molecule has 8 heteroatoms. The van der Waals surface area contributed by atoms with Crippen LogP contribution in [0.1, 0.15) is 22.5 Å². The summed E-state index contributed by atoms with van der Waals surface area (Å²) in [4.78, 5) is 20.9. The molecule has 1 saturated heterocycles. The average Bonchev–Trinajstić information content (AvgIpc) is 3.45. The maximum absolute atomic E-state index is 13.4. The number of hydrogen-bond acceptors (Lipinski definition) is 5. The van der Waals surface area contributed by atoms with Crippen molar-refractivity contribution in [2.45, 2.75) is 19.1 Å². The van der Waals surface area contributed by atoms with Crippen LogP contribution in [0.15, 0.2) is 48.8 Å². The number of hydrogen-bond donors (Lipinski definition) is 0. The second-order valence-electron chi connectivity index (χ2n) is 7.23. The average molecular weight is 393 g/mol. The molecule has 29 heavy (non-hydrogen) atoms. The van der Waals surface area contributed by atoms with E-state index in [1.165, 1.54) is 0 Å². The van der Waals surface area contributed by atoms with Crippen LogP contribution in [0, 0.1) is 0 Å². The summed E-state index contributed by atoms with van der Waals surface area (Å²) in [7, 11) is 1.61. The number of pyridine rings is 1. The Bertz CT molecular complexity index is 1050. The quantitative estimate of drug-likeness (QED) is 0.682. The van der Waals surface area contributed by atoms with Gasteiger partial charge in [0.05, 0.1) is 43.3 Å². The lowest BCUT2D eigenvalue weighted by Crippen LogP contribution is -2.23. The Morgan fingerprint density at radius 3 is 2.55 bits per heavy atom. The number of fused-ring (bicyclic) bond motifs is 1. The number of ether oxygens (including phenoxy) is 1. The molecule has 3 aromatic rings. The molecule has 0 N–H and O–H groups in total. The molecule has 2 aliphatic heterocycles. The summed E-state index contributed by atoms with van der Waals surface area (Å²) in [5, 5.41) is 4.58. The van der Waals surface area contributed by atoms with Gasteiger partial charge in [0.15, 0.2) is 0 Å². The fraction of sp³-hybridized carbons (Fsp3) is 0.286. The number of nitrogens with zero attached hydrogens (tertiary/aromatic N) is 5. The third-order valence-corrected chi connectivity index (χ3v) is 5.41. The van der Waals surface area contributed by atoms with Gasteiger partial charge in [0.25, 0.3) is 5.91 Å². The van der Waals surface area contributed by atoms with Gasteiger partial charge in [-0.1, -0.05) is 0 Å². The van der Waals surface area contributed by atoms with Crippen LogP contribution in [0.2, 0.25) is 0 Å². The molecule has 2 aromatic heterocycles. The molecule has 1 fully saturated rings. The van der Waals surface area contributed by atoms with E-state index in [2.05, 4.69) is 10.1 Å². The predicted octanol–water partition coefficient (Wildman–Crippen LogP) is 2.98. The van der Waals surface area contributed by atoms with Crippen molar-refractivity contribution in [3.05, 3.63) is 60.0 Å². The molecule has 0 bridgehead atoms. The lowest BCUT2D eigenvalue weighted by molar-refractivity contribution is 0.0996. The van der Waals surface area contributed by atoms with Gasteiger partial charge < -0.3 is 14.5 Å². The minimum atomic E-state index is -0.787. The highest BCUT2D eigenvalue weighted by Crippen LogP contribution is 2.29. The Morgan fingerprint density at radius 1 is 1.14 bits per heavy atom. The summed E-state index contributed by atoms with van der Waals surface area (Å²) in [6.45, 7) is 1.49. The van der Waals surface area contributed by atoms with Gasteiger partial charge in [-0.15, -0.1) is 0 Å². The Hall–Kier alpha value is -3.42. The smallest absolute Gasteiger partial charge is 0.262 e. The molecule has 1 amide bonds. The molecule has 0 radical (unpaired) electrons. The van der Waals surface area contributed by atoms with Crippen LogP contribution in [-0.2, 0) is 6.54 Å². The number of halogens is 1. The number of rotatable bonds is 4. The van der Waals surface area contributed by atoms with Crippen LogP contribution >= 0.6 is 0 Å². The zero-order valence-electron chi connectivity index (χ0n) is 16.0. The van der Waals surface area contributed by atoms with Gasteiger partial charge in [-0.25, -0.2) is 14.1 Å². The number of carbonyl (C=O) groups excluding carboxylic acids is 1. The first-order valence-electron chi connectivity index (χ1n) is 9.52. The summed E-state index contributed by atoms with van der Waals surface area (Å²) >= 11 is 0. The number of aromatic nitrogens is 3. The first-order valence-corrected chi connectivity index (χ1v) is 9.52. The van der Waals surface area contributed by atoms with Gasteiger partial charge in [-0.2, -0.15) is 5.10 Å². The van der Waals surface area contributed by atoms with Crippen LogP contribution in [0.3, 0.4) is 0 Å². The first-order chi connectivity index (χ1) is 14.1. The third kappa shape index (κ3) is 3.10. The van der Waals surface area contributed by atoms with Crippen LogP contribution in [-0.4, -0.2) is 47.0 Å². The van der Waals surface area contributed by atoms with Gasteiger partial charge in [-0.05, 0) is 42.8 Å². The number of benzene rings is 1. The third-order valence-electron chi connectivity index (χ3n) is 5.41. The number of anilines is 2. The Kier molecular flexibility index (Phi) is 4.19. The first kappa shape index (κ1) is 17.7. The van der Waals surface area contributed by atoms with E-state index < -0.39 is 6.17 Å². The molecule has 148 valence electrons. The van der Waals surface area contributed by atoms with E-state index in [0.717, 1.165) is 28.6 Å². The van der Waals surface area contributed by atoms with Gasteiger partial charge in [0.1, 0.15) is 17.7 Å². The summed E-state index contributed by atoms with van der Waals surface area (Å²) < 4.78 is 20.2. The normalized spacial score (nSPS) is 18.4. The molecule has 5 rings (SSSR count). The highest BCUT2D eigenvalue weighted by atomic mass is 19.1. The number of alkyl halides is 1. The lowest BCUT2D eigenvalue weighted by Gasteiger charge is -2.17. The molecule has 2 aliphatic rings. The number of carbonyl (C=O) groups is 1. The summed E-state index contributed by atoms with van der Waals surface area (Å²) in [6, 6.07) is 11.1. The molecule has 0 spiro atoms. The molecule has 4 heterocycles. The molecule has 0 aliphatic carbocycles. The predicted molar refractivity (Wildman–Crippen MR) is 107 cm³/mol. The molecular weight excluding hydrogens is 373 g/mol. The van der Waals surface area contributed by atoms with Crippen molar-refractivity contribution in [2.75, 3.05) is 30.0 Å². The minimum Gasteiger partial charge on any atom is -0.497 e. The van der Waals surface area contributed by atoms with Crippen LogP contribution in [0.5, 0.6) is 5.75 Å². The number of methoxy groups -OCH3 is 1. The van der Waals surface area contributed by atoms with Crippen molar-refractivity contribution < 1.29 is 13.9 Å². The maximum atomic E-state index is 13.4. The Morgan fingerprint density at radius 2 is 1.93 bits per heavy atom. The monoisotopic (exact) mass is 393 g/mol. The zero-order chi connectivity index (χ0) is 20.0. The van der Waals surface area contributed by atoms with E-state index in [0.29, 0.717) is 31.6 Å². The standard InChI is InChI=1S/C21H20FN5O2/c1-29-17-5-2-15(3-6-17)26-13-19-18(21(26)28)12-27(24-19)16-4-7-20(23-10-16)25-9-8-14(22)11-25/h2-7,10,12,14H,8-9,11,13H2,1H3/t14-/m1/s1. The molecule has 1 atom stereocenters. The molecular formula is C21H20FN5O2. The van der Waals surface area contributed by atoms with Gasteiger partial charge in [0, 0.05) is 18.4 Å². The van der Waals surface area contributed by atoms with Crippen molar-refractivity contribution in [1.29, 1.82) is 0 Å². The maximum Gasteiger partial charge on any atom is 0.262 e. The highest BCUT2D eigenvalue weighted by molar-refractivity contribution is 6.09. The summed E-state index contributed by atoms with van der Waals surface area (Å²) in [5.74, 6) is 1.43. The highest BCUT2D eigenvalue weighted by Gasteiger charge is 2.32. The van der Waals surface area contributed by atoms with Crippen LogP contribution in [0.4, 0.5) is 15.9 Å². The summed E-state index contributed by atoms with van der Waals surface area (Å²) in [5.41, 5.74) is 2.89. The number of amides is 1. The van der Waals surface area contributed by atoms with Crippen molar-refractivity contribution in [3.8, 4) is 11.4 Å². The van der Waals surface area contributed by atoms with Gasteiger partial charge >= 0.3 is 0 Å². The van der Waals surface area contributed by atoms with E-state index in [1.54, 1.807) is 29.1 Å². The second kappa shape index (κ2) is 6.88. The van der Waals surface area contributed by atoms with Gasteiger partial charge in [0.2, 0.25) is 0 Å². The molecule has 1 aromatic carbocycles. The molecule has 0 saturated carbocycles. The van der Waals surface area contributed by atoms with E-state index in [4.69, 9.17) is 4.74 Å². The Balaban J connectivity index is 1.34. The minimum absolute atomic E-state index is 0.0768. The van der Waals surface area contributed by atoms with E-state index in [9.17, 15) is 9.18 Å². The molecule has 7 nitrogen and oxygen atoms in total. The van der Waals surface area contributed by atoms with E-state index >= 15 is 0 Å². The SMILES string of the molecule is COc1ccc(N2Cc3nn(-c4ccc(N5CC[C@@H](F)C5)nc4)cc3C2=O)cc1. The topological polar surface area (TPSA) is 63.5 Å². The zero-order valence-corrected chi connectivity index (χ0v) is 16.0. The Labute approximate surface area is 167 Å². The van der Waals surface area contributed by atoms with Crippen molar-refractivity contribution >= 4 is 17.4 Å². The fourth-order valence-electron chi connectivity index (χ4n) is 3.80. The van der Waals surface area contributed by atoms with E-state index in [1.807, 2.05) is 41.3 Å². The second-order valence-corrected chi connectivity index (χ2v) is 7.23. The largest absolute Gasteiger partial charge is 0.497 e. The van der Waals surface area contributed by atoms with Crippen molar-refractivity contribution in [1.82, 2.24) is 14.8 Å². The van der Waals surface area contributed by atoms with Crippen LogP contribution < -0.4 is 14.5 Å². The van der Waals surface area contributed by atoms with Crippen molar-refractivity contribution in [2.24, 2.45) is 0 Å².